The monoisotopic (exact) mass is 253 g/mol. The average molecular weight is 254 g/mol. The number of halogens is 2. The Kier molecular flexibility index (Phi) is 3.82. The number of benzene rings is 1. The normalized spacial score (nSPS) is 12.8. The molecule has 0 aliphatic heterocycles. The molecule has 1 aromatic carbocycles. The second-order valence-corrected chi connectivity index (χ2v) is 4.05. The molecular weight excluding hydrogens is 241 g/mol. The van der Waals surface area contributed by atoms with Gasteiger partial charge in [-0.2, -0.15) is 0 Å². The summed E-state index contributed by atoms with van der Waals surface area (Å²) < 4.78 is 17.6. The molecule has 0 radical (unpaired) electrons. The Hall–Kier alpha value is -1.32. The summed E-state index contributed by atoms with van der Waals surface area (Å²) in [4.78, 5) is 0. The summed E-state index contributed by atoms with van der Waals surface area (Å²) in [7, 11) is 0. The van der Waals surface area contributed by atoms with Gasteiger partial charge >= 0.3 is 0 Å². The van der Waals surface area contributed by atoms with E-state index in [1.54, 1.807) is 6.26 Å². The second-order valence-electron chi connectivity index (χ2n) is 3.74. The molecule has 0 bridgehead atoms. The maximum atomic E-state index is 12.3. The third kappa shape index (κ3) is 2.51. The zero-order valence-corrected chi connectivity index (χ0v) is 10.0. The van der Waals surface area contributed by atoms with Crippen LogP contribution in [0.2, 0.25) is 0 Å². The van der Waals surface area contributed by atoms with Crippen LogP contribution in [0.4, 0.5) is 4.39 Å². The molecule has 0 saturated carbocycles. The van der Waals surface area contributed by atoms with Gasteiger partial charge in [0.1, 0.15) is 12.4 Å². The van der Waals surface area contributed by atoms with E-state index in [4.69, 9.17) is 16.0 Å². The van der Waals surface area contributed by atoms with Crippen LogP contribution in [0.1, 0.15) is 5.56 Å². The minimum atomic E-state index is -0.626. The lowest BCUT2D eigenvalue weighted by Gasteiger charge is -2.16. The summed E-state index contributed by atoms with van der Waals surface area (Å²) in [6, 6.07) is 7.38. The van der Waals surface area contributed by atoms with Crippen LogP contribution in [0.5, 0.6) is 0 Å². The third-order valence-electron chi connectivity index (χ3n) is 2.73. The van der Waals surface area contributed by atoms with Crippen LogP contribution in [0, 0.1) is 0 Å². The summed E-state index contributed by atoms with van der Waals surface area (Å²) in [5, 5.41) is 3.67. The van der Waals surface area contributed by atoms with Gasteiger partial charge in [0.2, 0.25) is 0 Å². The molecule has 1 unspecified atom stereocenters. The molecule has 17 heavy (non-hydrogen) atoms. The first kappa shape index (κ1) is 12.1. The van der Waals surface area contributed by atoms with Crippen molar-refractivity contribution in [3.8, 4) is 0 Å². The molecule has 1 heterocycles. The number of alkyl halides is 2. The maximum absolute atomic E-state index is 12.3. The van der Waals surface area contributed by atoms with Gasteiger partial charge in [-0.3, -0.25) is 5.32 Å². The highest BCUT2D eigenvalue weighted by atomic mass is 35.5. The molecule has 4 heteroatoms. The number of fused-ring (bicyclic) bond motifs is 1. The van der Waals surface area contributed by atoms with Gasteiger partial charge in [0.25, 0.3) is 0 Å². The van der Waals surface area contributed by atoms with Gasteiger partial charge in [-0.15, -0.1) is 11.6 Å². The molecule has 0 aliphatic carbocycles. The first-order valence-electron chi connectivity index (χ1n) is 5.28. The Morgan fingerprint density at radius 2 is 2.29 bits per heavy atom. The maximum Gasteiger partial charge on any atom is 0.141 e. The number of hydrogen-bond acceptors (Lipinski definition) is 2. The molecule has 1 N–H and O–H groups in total. The summed E-state index contributed by atoms with van der Waals surface area (Å²) in [5.41, 5.74) is 2.45. The van der Waals surface area contributed by atoms with Crippen LogP contribution in [0.15, 0.2) is 41.5 Å². The highest BCUT2D eigenvalue weighted by Crippen LogP contribution is 2.23. The topological polar surface area (TPSA) is 25.2 Å². The lowest BCUT2D eigenvalue weighted by atomic mass is 10.0. The summed E-state index contributed by atoms with van der Waals surface area (Å²) >= 11 is 5.77. The van der Waals surface area contributed by atoms with Crippen LogP contribution in [-0.2, 0) is 0 Å². The molecule has 0 amide bonds. The minimum Gasteiger partial charge on any atom is -0.464 e. The highest BCUT2D eigenvalue weighted by molar-refractivity contribution is 6.19. The fourth-order valence-corrected chi connectivity index (χ4v) is 2.02. The molecule has 2 aromatic rings. The zero-order chi connectivity index (χ0) is 12.3. The van der Waals surface area contributed by atoms with Crippen molar-refractivity contribution in [2.45, 2.75) is 6.04 Å². The van der Waals surface area contributed by atoms with Gasteiger partial charge in [0.05, 0.1) is 6.26 Å². The predicted molar refractivity (Wildman–Crippen MR) is 68.9 cm³/mol. The van der Waals surface area contributed by atoms with E-state index < -0.39 is 6.80 Å². The zero-order valence-electron chi connectivity index (χ0n) is 9.25. The van der Waals surface area contributed by atoms with E-state index in [9.17, 15) is 4.39 Å². The molecule has 0 aliphatic rings. The van der Waals surface area contributed by atoms with Gasteiger partial charge < -0.3 is 4.42 Å². The van der Waals surface area contributed by atoms with E-state index in [1.165, 1.54) is 0 Å². The molecule has 1 aromatic heterocycles. The van der Waals surface area contributed by atoms with E-state index in [-0.39, 0.29) is 11.9 Å². The average Bonchev–Trinajstić information content (AvgIpc) is 2.82. The Bertz CT molecular complexity index is 523. The fourth-order valence-electron chi connectivity index (χ4n) is 1.72. The van der Waals surface area contributed by atoms with Crippen LogP contribution in [-0.4, -0.2) is 18.7 Å². The Labute approximate surface area is 104 Å². The first-order valence-corrected chi connectivity index (χ1v) is 5.81. The quantitative estimate of drug-likeness (QED) is 0.651. The molecular formula is C13H13ClFNO. The smallest absolute Gasteiger partial charge is 0.141 e. The lowest BCUT2D eigenvalue weighted by Crippen LogP contribution is -2.30. The predicted octanol–water partition coefficient (Wildman–Crippen LogP) is 3.57. The van der Waals surface area contributed by atoms with Crippen molar-refractivity contribution in [3.05, 3.63) is 42.7 Å². The number of rotatable bonds is 5. The molecule has 0 fully saturated rings. The standard InChI is InChI=1S/C13H13ClFNO/c1-9(12(7-14)16-8-15)11-3-2-10-4-5-17-13(10)6-11/h2-6,12,16H,1,7-8H2. The molecule has 2 nitrogen and oxygen atoms in total. The van der Waals surface area contributed by atoms with E-state index in [1.807, 2.05) is 24.3 Å². The van der Waals surface area contributed by atoms with E-state index >= 15 is 0 Å². The first-order chi connectivity index (χ1) is 8.26. The number of furan rings is 1. The van der Waals surface area contributed by atoms with E-state index in [0.29, 0.717) is 0 Å². The lowest BCUT2D eigenvalue weighted by molar-refractivity contribution is 0.415. The van der Waals surface area contributed by atoms with Crippen molar-refractivity contribution in [2.24, 2.45) is 0 Å². The summed E-state index contributed by atoms with van der Waals surface area (Å²) in [6.45, 7) is 3.33. The van der Waals surface area contributed by atoms with E-state index in [0.717, 1.165) is 22.1 Å². The Balaban J connectivity index is 2.28. The number of hydrogen-bond donors (Lipinski definition) is 1. The largest absolute Gasteiger partial charge is 0.464 e. The Morgan fingerprint density at radius 1 is 1.47 bits per heavy atom. The van der Waals surface area contributed by atoms with Gasteiger partial charge in [-0.1, -0.05) is 18.7 Å². The van der Waals surface area contributed by atoms with Gasteiger partial charge in [0.15, 0.2) is 0 Å². The molecule has 2 rings (SSSR count). The fraction of sp³-hybridized carbons (Fsp3) is 0.231. The number of nitrogens with one attached hydrogen (secondary N) is 1. The van der Waals surface area contributed by atoms with Crippen LogP contribution >= 0.6 is 11.6 Å². The third-order valence-corrected chi connectivity index (χ3v) is 3.03. The molecule has 1 atom stereocenters. The molecule has 0 saturated heterocycles. The SMILES string of the molecule is C=C(c1ccc2ccoc2c1)C(CCl)NCF. The van der Waals surface area contributed by atoms with Gasteiger partial charge in [-0.05, 0) is 23.3 Å². The van der Waals surface area contributed by atoms with E-state index in [2.05, 4.69) is 11.9 Å². The van der Waals surface area contributed by atoms with Gasteiger partial charge in [0, 0.05) is 17.3 Å². The summed E-state index contributed by atoms with van der Waals surface area (Å²) in [6.07, 6.45) is 1.63. The minimum absolute atomic E-state index is 0.269. The van der Waals surface area contributed by atoms with Crippen molar-refractivity contribution in [3.63, 3.8) is 0 Å². The van der Waals surface area contributed by atoms with Crippen molar-refractivity contribution in [1.82, 2.24) is 5.32 Å². The van der Waals surface area contributed by atoms with Crippen molar-refractivity contribution in [1.29, 1.82) is 0 Å². The highest BCUT2D eigenvalue weighted by Gasteiger charge is 2.13. The second kappa shape index (κ2) is 5.34. The molecule has 90 valence electrons. The van der Waals surface area contributed by atoms with Crippen LogP contribution in [0.3, 0.4) is 0 Å². The van der Waals surface area contributed by atoms with Gasteiger partial charge in [-0.25, -0.2) is 4.39 Å². The van der Waals surface area contributed by atoms with Crippen molar-refractivity contribution >= 4 is 28.1 Å². The van der Waals surface area contributed by atoms with Crippen LogP contribution in [0.25, 0.3) is 16.5 Å². The van der Waals surface area contributed by atoms with Crippen molar-refractivity contribution in [2.75, 3.05) is 12.7 Å². The Morgan fingerprint density at radius 3 is 3.00 bits per heavy atom. The van der Waals surface area contributed by atoms with Crippen molar-refractivity contribution < 1.29 is 8.81 Å². The van der Waals surface area contributed by atoms with Crippen LogP contribution < -0.4 is 5.32 Å². The summed E-state index contributed by atoms with van der Waals surface area (Å²) in [5.74, 6) is 0.277. The molecule has 0 spiro atoms.